The molecule has 0 bridgehead atoms. The molecule has 2 aliphatic rings. The molecule has 2 atom stereocenters. The van der Waals surface area contributed by atoms with Crippen LogP contribution in [-0.4, -0.2) is 20.3 Å². The number of aromatic nitrogens is 2. The standard InChI is InChI=1S/C28H40N2O2/c1-6-7-8-9-12-27(2,3)21-16-24(31)26-22-15-20(18-30-14-13-29-19-30)10-11-23(22)28(4,5)32-25(26)17-21/h10,13-14,16-17,19,22-23,31H,6-9,11-12,15,18H2,1-5H3/t22?,23-/m0/s1. The highest BCUT2D eigenvalue weighted by atomic mass is 16.5. The van der Waals surface area contributed by atoms with Gasteiger partial charge >= 0.3 is 0 Å². The number of hydrogen-bond donors (Lipinski definition) is 1. The summed E-state index contributed by atoms with van der Waals surface area (Å²) in [5.74, 6) is 1.93. The number of rotatable bonds is 8. The maximum atomic E-state index is 11.2. The average Bonchev–Trinajstić information content (AvgIpc) is 3.23. The maximum Gasteiger partial charge on any atom is 0.127 e. The second-order valence-electron chi connectivity index (χ2n) is 11.1. The molecule has 1 unspecified atom stereocenters. The van der Waals surface area contributed by atoms with Gasteiger partial charge in [0.1, 0.15) is 17.1 Å². The van der Waals surface area contributed by atoms with Gasteiger partial charge in [-0.3, -0.25) is 0 Å². The molecule has 1 aliphatic carbocycles. The number of allylic oxidation sites excluding steroid dienone is 2. The minimum Gasteiger partial charge on any atom is -0.508 e. The topological polar surface area (TPSA) is 47.3 Å². The molecule has 2 aromatic rings. The lowest BCUT2D eigenvalue weighted by atomic mass is 9.66. The van der Waals surface area contributed by atoms with Crippen LogP contribution in [0.1, 0.15) is 96.6 Å². The molecule has 32 heavy (non-hydrogen) atoms. The van der Waals surface area contributed by atoms with Gasteiger partial charge in [0.2, 0.25) is 0 Å². The zero-order valence-electron chi connectivity index (χ0n) is 20.5. The number of nitrogens with zero attached hydrogens (tertiary/aromatic N) is 2. The first kappa shape index (κ1) is 22.9. The number of phenols is 1. The molecule has 0 saturated carbocycles. The Morgan fingerprint density at radius 3 is 2.75 bits per heavy atom. The second kappa shape index (κ2) is 8.96. The van der Waals surface area contributed by atoms with Crippen LogP contribution in [0.5, 0.6) is 11.5 Å². The van der Waals surface area contributed by atoms with Crippen LogP contribution < -0.4 is 4.74 Å². The Labute approximate surface area is 193 Å². The van der Waals surface area contributed by atoms with Crippen LogP contribution in [0.25, 0.3) is 0 Å². The number of aromatic hydroxyl groups is 1. The summed E-state index contributed by atoms with van der Waals surface area (Å²) in [5, 5.41) is 11.2. The van der Waals surface area contributed by atoms with Gasteiger partial charge in [0.05, 0.1) is 6.33 Å². The molecule has 0 spiro atoms. The van der Waals surface area contributed by atoms with Crippen LogP contribution in [0.3, 0.4) is 0 Å². The minimum absolute atomic E-state index is 0.0175. The van der Waals surface area contributed by atoms with Crippen molar-refractivity contribution in [3.63, 3.8) is 0 Å². The van der Waals surface area contributed by atoms with Gasteiger partial charge < -0.3 is 14.4 Å². The van der Waals surface area contributed by atoms with E-state index in [2.05, 4.69) is 56.3 Å². The van der Waals surface area contributed by atoms with Crippen molar-refractivity contribution in [1.82, 2.24) is 9.55 Å². The van der Waals surface area contributed by atoms with E-state index in [-0.39, 0.29) is 16.9 Å². The van der Waals surface area contributed by atoms with Gasteiger partial charge in [0.25, 0.3) is 0 Å². The monoisotopic (exact) mass is 436 g/mol. The number of hydrogen-bond acceptors (Lipinski definition) is 3. The smallest absolute Gasteiger partial charge is 0.127 e. The summed E-state index contributed by atoms with van der Waals surface area (Å²) in [7, 11) is 0. The lowest BCUT2D eigenvalue weighted by molar-refractivity contribution is 0.00707. The van der Waals surface area contributed by atoms with Gasteiger partial charge in [-0.25, -0.2) is 4.98 Å². The highest BCUT2D eigenvalue weighted by Crippen LogP contribution is 2.55. The Balaban J connectivity index is 1.62. The molecule has 1 aliphatic heterocycles. The highest BCUT2D eigenvalue weighted by Gasteiger charge is 2.46. The van der Waals surface area contributed by atoms with Gasteiger partial charge in [0.15, 0.2) is 0 Å². The van der Waals surface area contributed by atoms with Gasteiger partial charge in [0, 0.05) is 36.3 Å². The average molecular weight is 437 g/mol. The van der Waals surface area contributed by atoms with E-state index >= 15 is 0 Å². The number of fused-ring (bicyclic) bond motifs is 3. The van der Waals surface area contributed by atoms with Crippen LogP contribution in [0.15, 0.2) is 42.5 Å². The molecule has 2 heterocycles. The van der Waals surface area contributed by atoms with E-state index < -0.39 is 0 Å². The van der Waals surface area contributed by atoms with Crippen molar-refractivity contribution in [3.8, 4) is 11.5 Å². The van der Waals surface area contributed by atoms with E-state index in [4.69, 9.17) is 4.74 Å². The predicted octanol–water partition coefficient (Wildman–Crippen LogP) is 7.13. The van der Waals surface area contributed by atoms with E-state index in [0.717, 1.165) is 37.1 Å². The van der Waals surface area contributed by atoms with Crippen LogP contribution >= 0.6 is 0 Å². The number of benzene rings is 1. The Hall–Kier alpha value is -2.23. The Morgan fingerprint density at radius 2 is 2.03 bits per heavy atom. The maximum absolute atomic E-state index is 11.2. The Morgan fingerprint density at radius 1 is 1.22 bits per heavy atom. The SMILES string of the molecule is CCCCCCC(C)(C)c1cc(O)c2c(c1)OC(C)(C)[C@H]1CC=C(Cn3ccnc3)CC21. The number of imidazole rings is 1. The van der Waals surface area contributed by atoms with Crippen molar-refractivity contribution in [1.29, 1.82) is 0 Å². The fraction of sp³-hybridized carbons (Fsp3) is 0.607. The molecule has 4 rings (SSSR count). The molecule has 174 valence electrons. The summed E-state index contributed by atoms with van der Waals surface area (Å²) >= 11 is 0. The van der Waals surface area contributed by atoms with Crippen LogP contribution in [0.2, 0.25) is 0 Å². The predicted molar refractivity (Wildman–Crippen MR) is 130 cm³/mol. The van der Waals surface area contributed by atoms with Crippen molar-refractivity contribution < 1.29 is 9.84 Å². The first-order valence-corrected chi connectivity index (χ1v) is 12.4. The molecular weight excluding hydrogens is 396 g/mol. The fourth-order valence-corrected chi connectivity index (χ4v) is 5.74. The fourth-order valence-electron chi connectivity index (χ4n) is 5.74. The van der Waals surface area contributed by atoms with E-state index in [9.17, 15) is 5.11 Å². The molecular formula is C28H40N2O2. The normalized spacial score (nSPS) is 22.0. The first-order valence-electron chi connectivity index (χ1n) is 12.4. The quantitative estimate of drug-likeness (QED) is 0.354. The lowest BCUT2D eigenvalue weighted by Gasteiger charge is -2.47. The summed E-state index contributed by atoms with van der Waals surface area (Å²) in [6.07, 6.45) is 16.2. The molecule has 1 aromatic heterocycles. The van der Waals surface area contributed by atoms with Crippen molar-refractivity contribution in [2.45, 2.75) is 103 Å². The lowest BCUT2D eigenvalue weighted by Crippen LogP contribution is -2.45. The highest BCUT2D eigenvalue weighted by molar-refractivity contribution is 5.54. The summed E-state index contributed by atoms with van der Waals surface area (Å²) in [6.45, 7) is 12.1. The van der Waals surface area contributed by atoms with Gasteiger partial charge in [-0.05, 0) is 56.2 Å². The molecule has 4 nitrogen and oxygen atoms in total. The van der Waals surface area contributed by atoms with Crippen LogP contribution in [0, 0.1) is 5.92 Å². The van der Waals surface area contributed by atoms with Crippen molar-refractivity contribution in [3.05, 3.63) is 53.6 Å². The molecule has 1 aromatic carbocycles. The van der Waals surface area contributed by atoms with Gasteiger partial charge in [-0.15, -0.1) is 0 Å². The summed E-state index contributed by atoms with van der Waals surface area (Å²) in [5.41, 5.74) is 3.36. The van der Waals surface area contributed by atoms with Gasteiger partial charge in [-0.1, -0.05) is 58.1 Å². The van der Waals surface area contributed by atoms with Crippen molar-refractivity contribution in [2.24, 2.45) is 5.92 Å². The summed E-state index contributed by atoms with van der Waals surface area (Å²) in [4.78, 5) is 4.18. The third-order valence-electron chi connectivity index (χ3n) is 7.77. The number of ether oxygens (including phenoxy) is 1. The Bertz CT molecular complexity index is 956. The minimum atomic E-state index is -0.259. The van der Waals surface area contributed by atoms with E-state index in [1.165, 1.54) is 36.8 Å². The zero-order valence-corrected chi connectivity index (χ0v) is 20.5. The molecule has 1 N–H and O–H groups in total. The van der Waals surface area contributed by atoms with E-state index in [0.29, 0.717) is 11.7 Å². The molecule has 0 saturated heterocycles. The van der Waals surface area contributed by atoms with Gasteiger partial charge in [-0.2, -0.15) is 0 Å². The first-order chi connectivity index (χ1) is 15.2. The summed E-state index contributed by atoms with van der Waals surface area (Å²) < 4.78 is 8.71. The zero-order chi connectivity index (χ0) is 22.9. The second-order valence-corrected chi connectivity index (χ2v) is 11.1. The van der Waals surface area contributed by atoms with E-state index in [1.807, 2.05) is 24.8 Å². The number of unbranched alkanes of at least 4 members (excludes halogenated alkanes) is 3. The third-order valence-corrected chi connectivity index (χ3v) is 7.77. The molecule has 0 fully saturated rings. The largest absolute Gasteiger partial charge is 0.508 e. The molecule has 0 amide bonds. The molecule has 4 heteroatoms. The third kappa shape index (κ3) is 4.60. The molecule has 0 radical (unpaired) electrons. The van der Waals surface area contributed by atoms with Crippen LogP contribution in [0.4, 0.5) is 0 Å². The van der Waals surface area contributed by atoms with Crippen molar-refractivity contribution in [2.75, 3.05) is 0 Å². The van der Waals surface area contributed by atoms with E-state index in [1.54, 1.807) is 0 Å². The van der Waals surface area contributed by atoms with Crippen molar-refractivity contribution >= 4 is 0 Å². The van der Waals surface area contributed by atoms with Crippen LogP contribution in [-0.2, 0) is 12.0 Å². The Kier molecular flexibility index (Phi) is 6.42. The summed E-state index contributed by atoms with van der Waals surface area (Å²) in [6, 6.07) is 4.24. The number of phenolic OH excluding ortho intramolecular Hbond substituents is 1.